The van der Waals surface area contributed by atoms with Crippen LogP contribution in [0.15, 0.2) is 59.1 Å². The highest BCUT2D eigenvalue weighted by Crippen LogP contribution is 2.36. The zero-order valence-electron chi connectivity index (χ0n) is 14.0. The Hall–Kier alpha value is -2.35. The summed E-state index contributed by atoms with van der Waals surface area (Å²) >= 11 is 13.8. The van der Waals surface area contributed by atoms with Gasteiger partial charge in [-0.3, -0.25) is 4.98 Å². The van der Waals surface area contributed by atoms with E-state index >= 15 is 0 Å². The Balaban J connectivity index is 1.73. The lowest BCUT2D eigenvalue weighted by atomic mass is 10.2. The van der Waals surface area contributed by atoms with Gasteiger partial charge >= 0.3 is 0 Å². The molecule has 3 heterocycles. The molecule has 0 saturated heterocycles. The average Bonchev–Trinajstić information content (AvgIpc) is 3.02. The molecule has 9 heteroatoms. The summed E-state index contributed by atoms with van der Waals surface area (Å²) in [6, 6.07) is 9.34. The zero-order chi connectivity index (χ0) is 18.8. The first kappa shape index (κ1) is 18.0. The summed E-state index contributed by atoms with van der Waals surface area (Å²) in [7, 11) is 0. The smallest absolute Gasteiger partial charge is 0.175 e. The number of hydrogen-bond acceptors (Lipinski definition) is 6. The third-order valence-corrected chi connectivity index (χ3v) is 5.70. The van der Waals surface area contributed by atoms with Gasteiger partial charge in [0.1, 0.15) is 6.33 Å². The molecule has 0 saturated carbocycles. The van der Waals surface area contributed by atoms with E-state index in [1.54, 1.807) is 18.3 Å². The summed E-state index contributed by atoms with van der Waals surface area (Å²) in [5, 5.41) is 1.90. The lowest BCUT2D eigenvalue weighted by molar-refractivity contribution is 0.646. The van der Waals surface area contributed by atoms with Gasteiger partial charge in [-0.1, -0.05) is 41.0 Å². The molecule has 3 aromatic heterocycles. The maximum atomic E-state index is 6.33. The third kappa shape index (κ3) is 3.85. The van der Waals surface area contributed by atoms with Gasteiger partial charge in [0.15, 0.2) is 22.1 Å². The molecule has 0 bridgehead atoms. The van der Waals surface area contributed by atoms with E-state index in [2.05, 4.69) is 19.9 Å². The summed E-state index contributed by atoms with van der Waals surface area (Å²) < 4.78 is 2.02. The number of nitrogens with zero attached hydrogens (tertiary/aromatic N) is 5. The van der Waals surface area contributed by atoms with Gasteiger partial charge in [0, 0.05) is 28.9 Å². The Labute approximate surface area is 169 Å². The van der Waals surface area contributed by atoms with E-state index in [-0.39, 0.29) is 0 Å². The molecule has 136 valence electrons. The fourth-order valence-corrected chi connectivity index (χ4v) is 4.09. The molecule has 0 unspecified atom stereocenters. The summed E-state index contributed by atoms with van der Waals surface area (Å²) in [5.74, 6) is 0.351. The van der Waals surface area contributed by atoms with Gasteiger partial charge < -0.3 is 10.3 Å². The van der Waals surface area contributed by atoms with Crippen molar-refractivity contribution in [2.45, 2.75) is 23.0 Å². The molecule has 0 spiro atoms. The molecule has 0 amide bonds. The number of fused-ring (bicyclic) bond motifs is 1. The molecular weight excluding hydrogens is 403 g/mol. The van der Waals surface area contributed by atoms with Crippen molar-refractivity contribution in [3.63, 3.8) is 0 Å². The van der Waals surface area contributed by atoms with E-state index in [9.17, 15) is 0 Å². The van der Waals surface area contributed by atoms with Crippen LogP contribution >= 0.6 is 35.0 Å². The van der Waals surface area contributed by atoms with Crippen molar-refractivity contribution >= 4 is 51.9 Å². The number of aromatic nitrogens is 5. The van der Waals surface area contributed by atoms with Crippen LogP contribution in [0.3, 0.4) is 0 Å². The first-order chi connectivity index (χ1) is 13.1. The van der Waals surface area contributed by atoms with Crippen LogP contribution in [0.2, 0.25) is 10.0 Å². The molecule has 4 aromatic rings. The normalized spacial score (nSPS) is 11.2. The number of pyridine rings is 1. The van der Waals surface area contributed by atoms with Crippen LogP contribution in [0.4, 0.5) is 5.82 Å². The molecule has 0 aliphatic rings. The summed E-state index contributed by atoms with van der Waals surface area (Å²) in [6.07, 6.45) is 5.84. The zero-order valence-corrected chi connectivity index (χ0v) is 16.3. The fraction of sp³-hybridized carbons (Fsp3) is 0.111. The Bertz CT molecular complexity index is 1100. The van der Waals surface area contributed by atoms with Gasteiger partial charge in [-0.2, -0.15) is 0 Å². The van der Waals surface area contributed by atoms with Crippen LogP contribution < -0.4 is 5.73 Å². The van der Waals surface area contributed by atoms with E-state index in [0.29, 0.717) is 33.6 Å². The van der Waals surface area contributed by atoms with Crippen molar-refractivity contribution in [3.05, 3.63) is 64.7 Å². The highest BCUT2D eigenvalue weighted by molar-refractivity contribution is 7.99. The molecule has 0 fully saturated rings. The maximum Gasteiger partial charge on any atom is 0.175 e. The fourth-order valence-electron chi connectivity index (χ4n) is 2.66. The summed E-state index contributed by atoms with van der Waals surface area (Å²) in [6.45, 7) is 0.673. The first-order valence-electron chi connectivity index (χ1n) is 8.10. The Kier molecular flexibility index (Phi) is 5.15. The van der Waals surface area contributed by atoms with Crippen LogP contribution in [-0.2, 0) is 13.0 Å². The molecule has 0 aliphatic carbocycles. The van der Waals surface area contributed by atoms with E-state index < -0.39 is 0 Å². The predicted octanol–water partition coefficient (Wildman–Crippen LogP) is 4.50. The topological polar surface area (TPSA) is 82.5 Å². The van der Waals surface area contributed by atoms with Crippen molar-refractivity contribution in [1.29, 1.82) is 0 Å². The van der Waals surface area contributed by atoms with Gasteiger partial charge in [0.2, 0.25) is 0 Å². The molecule has 6 nitrogen and oxygen atoms in total. The summed E-state index contributed by atoms with van der Waals surface area (Å²) in [5.41, 5.74) is 8.40. The molecule has 0 atom stereocenters. The summed E-state index contributed by atoms with van der Waals surface area (Å²) in [4.78, 5) is 18.1. The highest BCUT2D eigenvalue weighted by Gasteiger charge is 2.17. The molecule has 1 aromatic carbocycles. The van der Waals surface area contributed by atoms with Crippen molar-refractivity contribution in [1.82, 2.24) is 24.5 Å². The third-order valence-electron chi connectivity index (χ3n) is 3.97. The van der Waals surface area contributed by atoms with Crippen LogP contribution in [0.5, 0.6) is 0 Å². The van der Waals surface area contributed by atoms with Crippen molar-refractivity contribution in [2.24, 2.45) is 0 Å². The highest BCUT2D eigenvalue weighted by atomic mass is 35.5. The van der Waals surface area contributed by atoms with Crippen LogP contribution in [0.25, 0.3) is 11.2 Å². The van der Waals surface area contributed by atoms with E-state index in [1.165, 1.54) is 18.1 Å². The number of halogens is 2. The number of anilines is 1. The Morgan fingerprint density at radius 3 is 2.81 bits per heavy atom. The number of imidazole rings is 1. The molecule has 2 N–H and O–H groups in total. The quantitative estimate of drug-likeness (QED) is 0.515. The minimum atomic E-state index is 0.351. The molecule has 0 radical (unpaired) electrons. The second-order valence-electron chi connectivity index (χ2n) is 5.77. The first-order valence-corrected chi connectivity index (χ1v) is 9.67. The lowest BCUT2D eigenvalue weighted by Gasteiger charge is -2.09. The van der Waals surface area contributed by atoms with Gasteiger partial charge in [0.25, 0.3) is 0 Å². The second-order valence-corrected chi connectivity index (χ2v) is 7.62. The monoisotopic (exact) mass is 416 g/mol. The van der Waals surface area contributed by atoms with Crippen LogP contribution in [0, 0.1) is 0 Å². The molecule has 27 heavy (non-hydrogen) atoms. The average molecular weight is 417 g/mol. The van der Waals surface area contributed by atoms with Crippen LogP contribution in [-0.4, -0.2) is 24.5 Å². The van der Waals surface area contributed by atoms with Gasteiger partial charge in [0.05, 0.1) is 5.02 Å². The number of rotatable bonds is 5. The number of nitrogen functional groups attached to an aromatic ring is 1. The molecule has 0 aliphatic heterocycles. The number of nitrogens with two attached hydrogens (primary N) is 1. The Morgan fingerprint density at radius 2 is 2.04 bits per heavy atom. The largest absolute Gasteiger partial charge is 0.382 e. The van der Waals surface area contributed by atoms with E-state index in [4.69, 9.17) is 28.9 Å². The maximum absolute atomic E-state index is 6.33. The van der Waals surface area contributed by atoms with Gasteiger partial charge in [-0.15, -0.1) is 0 Å². The lowest BCUT2D eigenvalue weighted by Crippen LogP contribution is -2.04. The van der Waals surface area contributed by atoms with Gasteiger partial charge in [-0.05, 0) is 36.2 Å². The minimum Gasteiger partial charge on any atom is -0.382 e. The van der Waals surface area contributed by atoms with Gasteiger partial charge in [-0.25, -0.2) is 15.0 Å². The molecular formula is C18H14Cl2N6S. The van der Waals surface area contributed by atoms with Crippen molar-refractivity contribution in [2.75, 3.05) is 5.73 Å². The van der Waals surface area contributed by atoms with Crippen molar-refractivity contribution < 1.29 is 0 Å². The number of aryl methyl sites for hydroxylation is 2. The predicted molar refractivity (Wildman–Crippen MR) is 108 cm³/mol. The number of hydrogen-bond donors (Lipinski definition) is 1. The Morgan fingerprint density at radius 1 is 1.15 bits per heavy atom. The van der Waals surface area contributed by atoms with E-state index in [0.717, 1.165) is 22.0 Å². The van der Waals surface area contributed by atoms with Crippen LogP contribution in [0.1, 0.15) is 5.56 Å². The van der Waals surface area contributed by atoms with Crippen molar-refractivity contribution in [3.8, 4) is 0 Å². The van der Waals surface area contributed by atoms with E-state index in [1.807, 2.05) is 29.0 Å². The number of benzene rings is 1. The SMILES string of the molecule is Nc1ncnc2c1nc(Sc1ccc(Cl)cc1Cl)n2CCc1cccnc1. The second kappa shape index (κ2) is 7.72. The molecule has 4 rings (SSSR count). The standard InChI is InChI=1S/C18H14Cl2N6S/c19-12-3-4-14(13(20)8-12)27-18-25-15-16(21)23-10-24-17(15)26(18)7-5-11-2-1-6-22-9-11/h1-4,6,8-10H,5,7H2,(H2,21,23,24). The minimum absolute atomic E-state index is 0.351.